The monoisotopic (exact) mass is 384 g/mol. The summed E-state index contributed by atoms with van der Waals surface area (Å²) in [7, 11) is 0. The van der Waals surface area contributed by atoms with Gasteiger partial charge < -0.3 is 14.8 Å². The number of carbonyl (C=O) groups is 2. The summed E-state index contributed by atoms with van der Waals surface area (Å²) in [5, 5.41) is 16.3. The van der Waals surface area contributed by atoms with Gasteiger partial charge in [-0.15, -0.1) is 10.2 Å². The highest BCUT2D eigenvalue weighted by atomic mass is 19.1. The van der Waals surface area contributed by atoms with E-state index in [1.54, 1.807) is 18.2 Å². The first-order valence-corrected chi connectivity index (χ1v) is 8.11. The van der Waals surface area contributed by atoms with E-state index in [9.17, 15) is 14.0 Å². The second-order valence-corrected chi connectivity index (χ2v) is 5.72. The summed E-state index contributed by atoms with van der Waals surface area (Å²) in [6.45, 7) is -0.197. The van der Waals surface area contributed by atoms with Gasteiger partial charge in [-0.1, -0.05) is 0 Å². The zero-order valence-electron chi connectivity index (χ0n) is 14.3. The van der Waals surface area contributed by atoms with Gasteiger partial charge in [0.1, 0.15) is 12.4 Å². The molecule has 0 radical (unpaired) electrons. The molecule has 142 valence electrons. The summed E-state index contributed by atoms with van der Waals surface area (Å²) in [6.07, 6.45) is 0. The van der Waals surface area contributed by atoms with Gasteiger partial charge in [-0.25, -0.2) is 9.18 Å². The first-order valence-electron chi connectivity index (χ1n) is 8.11. The van der Waals surface area contributed by atoms with E-state index >= 15 is 0 Å². The van der Waals surface area contributed by atoms with Crippen LogP contribution in [0.25, 0.3) is 11.4 Å². The highest BCUT2D eigenvalue weighted by molar-refractivity contribution is 6.01. The summed E-state index contributed by atoms with van der Waals surface area (Å²) < 4.78 is 23.4. The standard InChI is InChI=1S/C17H13FN6O4/c18-11-3-1-10(2-4-11)16-21-23-24(22-16)8-15(25)20-17(26)19-12-5-6-13-14(7-12)28-9-27-13/h1-7H,8-9H2,(H2,19,20,25,26). The molecule has 0 aliphatic carbocycles. The number of anilines is 1. The number of tetrazole rings is 1. The third-order valence-electron chi connectivity index (χ3n) is 3.72. The first kappa shape index (κ1) is 17.4. The van der Waals surface area contributed by atoms with Crippen LogP contribution in [0.15, 0.2) is 42.5 Å². The number of nitrogens with one attached hydrogen (secondary N) is 2. The number of hydrogen-bond acceptors (Lipinski definition) is 7. The number of carbonyl (C=O) groups excluding carboxylic acids is 2. The van der Waals surface area contributed by atoms with Crippen molar-refractivity contribution in [3.63, 3.8) is 0 Å². The number of imide groups is 1. The molecule has 0 atom stereocenters. The van der Waals surface area contributed by atoms with Crippen molar-refractivity contribution in [1.82, 2.24) is 25.5 Å². The Labute approximate surface area is 157 Å². The molecule has 0 unspecified atom stereocenters. The molecule has 0 saturated heterocycles. The van der Waals surface area contributed by atoms with Gasteiger partial charge in [-0.05, 0) is 41.6 Å². The molecule has 0 bridgehead atoms. The lowest BCUT2D eigenvalue weighted by molar-refractivity contribution is -0.120. The van der Waals surface area contributed by atoms with Crippen molar-refractivity contribution in [3.05, 3.63) is 48.3 Å². The lowest BCUT2D eigenvalue weighted by atomic mass is 10.2. The van der Waals surface area contributed by atoms with E-state index in [1.165, 1.54) is 24.3 Å². The minimum absolute atomic E-state index is 0.119. The molecule has 28 heavy (non-hydrogen) atoms. The van der Waals surface area contributed by atoms with E-state index in [4.69, 9.17) is 9.47 Å². The van der Waals surface area contributed by atoms with Crippen LogP contribution >= 0.6 is 0 Å². The fourth-order valence-corrected chi connectivity index (χ4v) is 2.46. The summed E-state index contributed by atoms with van der Waals surface area (Å²) in [5.41, 5.74) is 0.987. The van der Waals surface area contributed by atoms with Crippen molar-refractivity contribution < 1.29 is 23.5 Å². The van der Waals surface area contributed by atoms with Crippen LogP contribution in [0.1, 0.15) is 0 Å². The molecule has 10 nitrogen and oxygen atoms in total. The maximum Gasteiger partial charge on any atom is 0.325 e. The molecule has 2 N–H and O–H groups in total. The fourth-order valence-electron chi connectivity index (χ4n) is 2.46. The van der Waals surface area contributed by atoms with Crippen LogP contribution in [-0.4, -0.2) is 38.9 Å². The maximum atomic E-state index is 13.0. The maximum absolute atomic E-state index is 13.0. The van der Waals surface area contributed by atoms with Crippen molar-refractivity contribution in [2.24, 2.45) is 0 Å². The van der Waals surface area contributed by atoms with Crippen LogP contribution in [0.3, 0.4) is 0 Å². The van der Waals surface area contributed by atoms with E-state index in [2.05, 4.69) is 26.0 Å². The fraction of sp³-hybridized carbons (Fsp3) is 0.118. The average Bonchev–Trinajstić information content (AvgIpc) is 3.31. The topological polar surface area (TPSA) is 120 Å². The van der Waals surface area contributed by atoms with Crippen LogP contribution in [0.5, 0.6) is 11.5 Å². The minimum Gasteiger partial charge on any atom is -0.454 e. The predicted molar refractivity (Wildman–Crippen MR) is 92.9 cm³/mol. The molecule has 0 saturated carbocycles. The normalized spacial score (nSPS) is 11.9. The number of aromatic nitrogens is 4. The Balaban J connectivity index is 1.33. The molecule has 0 fully saturated rings. The van der Waals surface area contributed by atoms with E-state index < -0.39 is 11.9 Å². The minimum atomic E-state index is -0.720. The molecular weight excluding hydrogens is 371 g/mol. The van der Waals surface area contributed by atoms with Gasteiger partial charge in [-0.3, -0.25) is 10.1 Å². The average molecular weight is 384 g/mol. The molecule has 1 aliphatic rings. The summed E-state index contributed by atoms with van der Waals surface area (Å²) in [4.78, 5) is 25.0. The Bertz CT molecular complexity index is 1040. The van der Waals surface area contributed by atoms with E-state index in [0.717, 1.165) is 4.80 Å². The lowest BCUT2D eigenvalue weighted by Gasteiger charge is -2.07. The zero-order valence-corrected chi connectivity index (χ0v) is 14.3. The van der Waals surface area contributed by atoms with Crippen molar-refractivity contribution in [1.29, 1.82) is 0 Å². The molecule has 1 aliphatic heterocycles. The Kier molecular flexibility index (Phi) is 4.54. The van der Waals surface area contributed by atoms with Crippen molar-refractivity contribution in [2.45, 2.75) is 6.54 Å². The van der Waals surface area contributed by atoms with Gasteiger partial charge in [0.15, 0.2) is 11.5 Å². The van der Waals surface area contributed by atoms with Crippen LogP contribution < -0.4 is 20.1 Å². The third-order valence-corrected chi connectivity index (χ3v) is 3.72. The molecule has 1 aromatic heterocycles. The Morgan fingerprint density at radius 3 is 2.71 bits per heavy atom. The van der Waals surface area contributed by atoms with Crippen molar-refractivity contribution in [2.75, 3.05) is 12.1 Å². The third kappa shape index (κ3) is 3.87. The molecule has 3 amide bonds. The van der Waals surface area contributed by atoms with Gasteiger partial charge in [-0.2, -0.15) is 4.80 Å². The van der Waals surface area contributed by atoms with Gasteiger partial charge in [0.2, 0.25) is 12.6 Å². The van der Waals surface area contributed by atoms with Crippen LogP contribution in [0.4, 0.5) is 14.9 Å². The number of urea groups is 1. The number of halogens is 1. The molecule has 4 rings (SSSR count). The van der Waals surface area contributed by atoms with E-state index in [1.807, 2.05) is 0 Å². The van der Waals surface area contributed by atoms with Gasteiger partial charge in [0, 0.05) is 17.3 Å². The second-order valence-electron chi connectivity index (χ2n) is 5.72. The van der Waals surface area contributed by atoms with Crippen LogP contribution in [0.2, 0.25) is 0 Å². The Morgan fingerprint density at radius 1 is 1.11 bits per heavy atom. The number of fused-ring (bicyclic) bond motifs is 1. The molecule has 2 aromatic carbocycles. The Hall–Kier alpha value is -4.02. The van der Waals surface area contributed by atoms with Crippen molar-refractivity contribution in [3.8, 4) is 22.9 Å². The largest absolute Gasteiger partial charge is 0.454 e. The number of amides is 3. The summed E-state index contributed by atoms with van der Waals surface area (Å²) >= 11 is 0. The highest BCUT2D eigenvalue weighted by Crippen LogP contribution is 2.34. The van der Waals surface area contributed by atoms with Gasteiger partial charge in [0.25, 0.3) is 5.91 Å². The summed E-state index contributed by atoms with van der Waals surface area (Å²) in [6, 6.07) is 9.65. The first-order chi connectivity index (χ1) is 13.6. The predicted octanol–water partition coefficient (Wildman–Crippen LogP) is 1.56. The van der Waals surface area contributed by atoms with Gasteiger partial charge in [0.05, 0.1) is 0 Å². The summed E-state index contributed by atoms with van der Waals surface area (Å²) in [5.74, 6) is 0.295. The molecule has 3 aromatic rings. The number of ether oxygens (including phenoxy) is 2. The van der Waals surface area contributed by atoms with Gasteiger partial charge >= 0.3 is 6.03 Å². The van der Waals surface area contributed by atoms with E-state index in [0.29, 0.717) is 22.7 Å². The van der Waals surface area contributed by atoms with Crippen LogP contribution in [-0.2, 0) is 11.3 Å². The smallest absolute Gasteiger partial charge is 0.325 e. The van der Waals surface area contributed by atoms with E-state index in [-0.39, 0.29) is 25.0 Å². The number of hydrogen-bond donors (Lipinski definition) is 2. The lowest BCUT2D eigenvalue weighted by Crippen LogP contribution is -2.37. The second kappa shape index (κ2) is 7.31. The number of nitrogens with zero attached hydrogens (tertiary/aromatic N) is 4. The molecule has 11 heteroatoms. The highest BCUT2D eigenvalue weighted by Gasteiger charge is 2.16. The Morgan fingerprint density at radius 2 is 1.89 bits per heavy atom. The SMILES string of the molecule is O=C(Cn1nnc(-c2ccc(F)cc2)n1)NC(=O)Nc1ccc2c(c1)OCO2. The quantitative estimate of drug-likeness (QED) is 0.700. The molecular formula is C17H13FN6O4. The van der Waals surface area contributed by atoms with Crippen molar-refractivity contribution >= 4 is 17.6 Å². The number of rotatable bonds is 4. The molecule has 0 spiro atoms. The molecule has 2 heterocycles. The van der Waals surface area contributed by atoms with Crippen LogP contribution in [0, 0.1) is 5.82 Å². The zero-order chi connectivity index (χ0) is 19.5. The number of benzene rings is 2.